The van der Waals surface area contributed by atoms with Crippen LogP contribution in [-0.2, 0) is 6.54 Å². The molecule has 1 aliphatic rings. The fourth-order valence-electron chi connectivity index (χ4n) is 3.32. The minimum atomic E-state index is -0.285. The quantitative estimate of drug-likeness (QED) is 0.599. The molecule has 4 nitrogen and oxygen atoms in total. The molecule has 1 atom stereocenters. The van der Waals surface area contributed by atoms with Crippen LogP contribution >= 0.6 is 0 Å². The van der Waals surface area contributed by atoms with E-state index in [1.54, 1.807) is 6.07 Å². The fourth-order valence-corrected chi connectivity index (χ4v) is 3.32. The normalized spacial score (nSPS) is 14.2. The number of aromatic nitrogens is 1. The van der Waals surface area contributed by atoms with Gasteiger partial charge in [-0.15, -0.1) is 0 Å². The highest BCUT2D eigenvalue weighted by molar-refractivity contribution is 6.06. The molecule has 0 aliphatic heterocycles. The average molecular weight is 347 g/mol. The van der Waals surface area contributed by atoms with Gasteiger partial charge in [0, 0.05) is 23.0 Å². The predicted molar refractivity (Wildman–Crippen MR) is 97.4 cm³/mol. The zero-order valence-electron chi connectivity index (χ0n) is 13.9. The van der Waals surface area contributed by atoms with E-state index in [2.05, 4.69) is 11.7 Å². The summed E-state index contributed by atoms with van der Waals surface area (Å²) in [6.07, 6.45) is 4.93. The van der Waals surface area contributed by atoms with Crippen LogP contribution < -0.4 is 5.32 Å². The zero-order valence-corrected chi connectivity index (χ0v) is 13.9. The van der Waals surface area contributed by atoms with Crippen molar-refractivity contribution >= 4 is 27.8 Å². The highest BCUT2D eigenvalue weighted by atomic mass is 19.1. The summed E-state index contributed by atoms with van der Waals surface area (Å²) < 4.78 is 21.2. The molecular weight excluding hydrogens is 331 g/mol. The SMILES string of the molecule is O=C(NC1[CH]C1)c1cccc2ccn(Cc3cc4cc(F)ccc4o3)c12. The molecule has 1 aliphatic carbocycles. The smallest absolute Gasteiger partial charge is 0.253 e. The van der Waals surface area contributed by atoms with E-state index in [1.807, 2.05) is 41.1 Å². The summed E-state index contributed by atoms with van der Waals surface area (Å²) in [5.41, 5.74) is 2.17. The second-order valence-corrected chi connectivity index (χ2v) is 6.63. The number of rotatable bonds is 4. The molecule has 1 fully saturated rings. The van der Waals surface area contributed by atoms with Gasteiger partial charge >= 0.3 is 0 Å². The first-order valence-electron chi connectivity index (χ1n) is 8.57. The average Bonchev–Trinajstić information content (AvgIpc) is 3.21. The maximum atomic E-state index is 13.4. The summed E-state index contributed by atoms with van der Waals surface area (Å²) in [5.74, 6) is 0.363. The van der Waals surface area contributed by atoms with Crippen LogP contribution in [0.5, 0.6) is 0 Å². The summed E-state index contributed by atoms with van der Waals surface area (Å²) in [5, 5.41) is 4.73. The number of carbonyl (C=O) groups excluding carboxylic acids is 1. The Balaban J connectivity index is 1.54. The monoisotopic (exact) mass is 347 g/mol. The molecule has 129 valence electrons. The van der Waals surface area contributed by atoms with Crippen molar-refractivity contribution in [3.63, 3.8) is 0 Å². The third kappa shape index (κ3) is 2.65. The Morgan fingerprint density at radius 1 is 1.19 bits per heavy atom. The number of benzene rings is 2. The molecule has 5 rings (SSSR count). The Morgan fingerprint density at radius 2 is 2.08 bits per heavy atom. The van der Waals surface area contributed by atoms with Gasteiger partial charge in [-0.05, 0) is 49.2 Å². The molecular formula is C21H16FN2O2. The molecule has 0 saturated heterocycles. The van der Waals surface area contributed by atoms with E-state index < -0.39 is 0 Å². The summed E-state index contributed by atoms with van der Waals surface area (Å²) in [6, 6.07) is 14.2. The first-order chi connectivity index (χ1) is 12.7. The molecule has 5 heteroatoms. The van der Waals surface area contributed by atoms with Gasteiger partial charge in [-0.1, -0.05) is 12.1 Å². The molecule has 26 heavy (non-hydrogen) atoms. The van der Waals surface area contributed by atoms with E-state index in [4.69, 9.17) is 4.42 Å². The number of para-hydroxylation sites is 1. The summed E-state index contributed by atoms with van der Waals surface area (Å²) in [7, 11) is 0. The van der Waals surface area contributed by atoms with Crippen LogP contribution in [0, 0.1) is 12.2 Å². The van der Waals surface area contributed by atoms with Gasteiger partial charge in [0.15, 0.2) is 0 Å². The molecule has 0 spiro atoms. The molecule has 0 bridgehead atoms. The van der Waals surface area contributed by atoms with E-state index in [1.165, 1.54) is 12.1 Å². The lowest BCUT2D eigenvalue weighted by molar-refractivity contribution is 0.0953. The molecule has 1 radical (unpaired) electrons. The number of amides is 1. The van der Waals surface area contributed by atoms with Crippen LogP contribution in [0.25, 0.3) is 21.9 Å². The van der Waals surface area contributed by atoms with Crippen molar-refractivity contribution in [1.82, 2.24) is 9.88 Å². The van der Waals surface area contributed by atoms with Crippen molar-refractivity contribution in [2.75, 3.05) is 0 Å². The fraction of sp³-hybridized carbons (Fsp3) is 0.143. The number of carbonyl (C=O) groups is 1. The highest BCUT2D eigenvalue weighted by Crippen LogP contribution is 2.26. The van der Waals surface area contributed by atoms with Crippen molar-refractivity contribution in [3.8, 4) is 0 Å². The van der Waals surface area contributed by atoms with Crippen LogP contribution in [0.2, 0.25) is 0 Å². The Hall–Kier alpha value is -3.08. The van der Waals surface area contributed by atoms with Crippen molar-refractivity contribution in [2.24, 2.45) is 0 Å². The number of nitrogens with one attached hydrogen (secondary N) is 1. The van der Waals surface area contributed by atoms with Gasteiger partial charge in [0.05, 0.1) is 17.6 Å². The maximum absolute atomic E-state index is 13.4. The van der Waals surface area contributed by atoms with Crippen molar-refractivity contribution in [1.29, 1.82) is 0 Å². The van der Waals surface area contributed by atoms with Crippen LogP contribution in [-0.4, -0.2) is 16.5 Å². The minimum Gasteiger partial charge on any atom is -0.459 e. The second-order valence-electron chi connectivity index (χ2n) is 6.63. The molecule has 1 N–H and O–H groups in total. The van der Waals surface area contributed by atoms with Crippen molar-refractivity contribution in [3.05, 3.63) is 78.3 Å². The number of nitrogens with zero attached hydrogens (tertiary/aromatic N) is 1. The summed E-state index contributed by atoms with van der Waals surface area (Å²) >= 11 is 0. The van der Waals surface area contributed by atoms with Crippen LogP contribution in [0.4, 0.5) is 4.39 Å². The summed E-state index contributed by atoms with van der Waals surface area (Å²) in [6.45, 7) is 0.472. The molecule has 2 aromatic heterocycles. The first kappa shape index (κ1) is 15.2. The Bertz CT molecular complexity index is 1140. The Kier molecular flexibility index (Phi) is 3.35. The van der Waals surface area contributed by atoms with Crippen LogP contribution in [0.1, 0.15) is 22.5 Å². The molecule has 1 amide bonds. The third-order valence-corrected chi connectivity index (χ3v) is 4.68. The van der Waals surface area contributed by atoms with Crippen LogP contribution in [0.3, 0.4) is 0 Å². The molecule has 2 heterocycles. The number of halogens is 1. The van der Waals surface area contributed by atoms with E-state index in [9.17, 15) is 9.18 Å². The van der Waals surface area contributed by atoms with Gasteiger partial charge < -0.3 is 14.3 Å². The van der Waals surface area contributed by atoms with E-state index >= 15 is 0 Å². The molecule has 2 aromatic carbocycles. The number of furan rings is 1. The van der Waals surface area contributed by atoms with Gasteiger partial charge in [-0.25, -0.2) is 4.39 Å². The largest absolute Gasteiger partial charge is 0.459 e. The zero-order chi connectivity index (χ0) is 17.7. The van der Waals surface area contributed by atoms with E-state index in [0.717, 1.165) is 22.7 Å². The number of hydrogen-bond acceptors (Lipinski definition) is 2. The maximum Gasteiger partial charge on any atom is 0.253 e. The summed E-state index contributed by atoms with van der Waals surface area (Å²) in [4.78, 5) is 12.6. The van der Waals surface area contributed by atoms with E-state index in [0.29, 0.717) is 23.5 Å². The second kappa shape index (κ2) is 5.73. The van der Waals surface area contributed by atoms with Crippen molar-refractivity contribution < 1.29 is 13.6 Å². The van der Waals surface area contributed by atoms with Gasteiger partial charge in [-0.2, -0.15) is 0 Å². The third-order valence-electron chi connectivity index (χ3n) is 4.68. The predicted octanol–water partition coefficient (Wildman–Crippen LogP) is 4.28. The molecule has 4 aromatic rings. The molecule has 1 unspecified atom stereocenters. The van der Waals surface area contributed by atoms with Gasteiger partial charge in [0.2, 0.25) is 0 Å². The lowest BCUT2D eigenvalue weighted by Gasteiger charge is -2.09. The Labute approximate surface area is 149 Å². The first-order valence-corrected chi connectivity index (χ1v) is 8.57. The van der Waals surface area contributed by atoms with Gasteiger partial charge in [0.25, 0.3) is 5.91 Å². The highest BCUT2D eigenvalue weighted by Gasteiger charge is 2.25. The topological polar surface area (TPSA) is 47.2 Å². The van der Waals surface area contributed by atoms with Gasteiger partial charge in [0.1, 0.15) is 17.2 Å². The van der Waals surface area contributed by atoms with Crippen LogP contribution in [0.15, 0.2) is 59.1 Å². The van der Waals surface area contributed by atoms with Crippen molar-refractivity contribution in [2.45, 2.75) is 19.0 Å². The Morgan fingerprint density at radius 3 is 2.92 bits per heavy atom. The van der Waals surface area contributed by atoms with Gasteiger partial charge in [-0.3, -0.25) is 4.79 Å². The molecule has 1 saturated carbocycles. The lowest BCUT2D eigenvalue weighted by atomic mass is 10.1. The van der Waals surface area contributed by atoms with E-state index in [-0.39, 0.29) is 17.8 Å². The number of hydrogen-bond donors (Lipinski definition) is 1. The minimum absolute atomic E-state index is 0.0685. The standard InChI is InChI=1S/C21H16FN2O2/c22-15-4-7-19-14(10-15)11-17(26-19)12-24-9-8-13-2-1-3-18(20(13)24)21(25)23-16-5-6-16/h1-5,7-11,16H,6,12H2,(H,23,25). The lowest BCUT2D eigenvalue weighted by Crippen LogP contribution is -2.26. The number of fused-ring (bicyclic) bond motifs is 2.